The predicted molar refractivity (Wildman–Crippen MR) is 68.4 cm³/mol. The zero-order valence-corrected chi connectivity index (χ0v) is 10.5. The van der Waals surface area contributed by atoms with Crippen LogP contribution in [0.2, 0.25) is 0 Å². The molecule has 16 heavy (non-hydrogen) atoms. The fraction of sp³-hybridized carbons (Fsp3) is 0.800. The third-order valence-electron chi connectivity index (χ3n) is 2.19. The third-order valence-corrected chi connectivity index (χ3v) is 2.33. The molecule has 0 heterocycles. The van der Waals surface area contributed by atoms with Gasteiger partial charge in [-0.1, -0.05) is 13.3 Å². The lowest BCUT2D eigenvalue weighted by Crippen LogP contribution is -2.38. The molecule has 5 N–H and O–H groups in total. The SMILES string of the molecule is CCCCN[C@@H](CCCNC(N)=S)C(=O)O. The highest BCUT2D eigenvalue weighted by atomic mass is 32.1. The maximum Gasteiger partial charge on any atom is 0.320 e. The van der Waals surface area contributed by atoms with Gasteiger partial charge in [0.25, 0.3) is 0 Å². The van der Waals surface area contributed by atoms with E-state index < -0.39 is 12.0 Å². The van der Waals surface area contributed by atoms with E-state index >= 15 is 0 Å². The first-order valence-electron chi connectivity index (χ1n) is 5.57. The molecule has 0 saturated heterocycles. The van der Waals surface area contributed by atoms with Gasteiger partial charge in [-0.05, 0) is 38.0 Å². The number of nitrogens with one attached hydrogen (secondary N) is 2. The summed E-state index contributed by atoms with van der Waals surface area (Å²) in [6.45, 7) is 3.44. The maximum atomic E-state index is 10.9. The van der Waals surface area contributed by atoms with Gasteiger partial charge in [0.15, 0.2) is 5.11 Å². The maximum absolute atomic E-state index is 10.9. The number of hydrogen-bond acceptors (Lipinski definition) is 3. The minimum absolute atomic E-state index is 0.255. The molecule has 0 aromatic carbocycles. The van der Waals surface area contributed by atoms with Crippen LogP contribution in [0.25, 0.3) is 0 Å². The second-order valence-electron chi connectivity index (χ2n) is 3.63. The molecule has 0 radical (unpaired) electrons. The van der Waals surface area contributed by atoms with Crippen molar-refractivity contribution in [2.24, 2.45) is 5.73 Å². The van der Waals surface area contributed by atoms with E-state index in [0.29, 0.717) is 13.0 Å². The van der Waals surface area contributed by atoms with Crippen molar-refractivity contribution in [2.45, 2.75) is 38.6 Å². The van der Waals surface area contributed by atoms with E-state index in [2.05, 4.69) is 29.8 Å². The number of thiocarbonyl (C=S) groups is 1. The molecule has 6 heteroatoms. The highest BCUT2D eigenvalue weighted by molar-refractivity contribution is 7.80. The Bertz CT molecular complexity index is 224. The van der Waals surface area contributed by atoms with Crippen molar-refractivity contribution in [3.05, 3.63) is 0 Å². The number of hydrogen-bond donors (Lipinski definition) is 4. The Morgan fingerprint density at radius 2 is 2.12 bits per heavy atom. The van der Waals surface area contributed by atoms with Crippen LogP contribution >= 0.6 is 12.2 Å². The summed E-state index contributed by atoms with van der Waals surface area (Å²) in [5.41, 5.74) is 5.26. The molecule has 0 unspecified atom stereocenters. The monoisotopic (exact) mass is 247 g/mol. The van der Waals surface area contributed by atoms with Crippen molar-refractivity contribution in [3.8, 4) is 0 Å². The second-order valence-corrected chi connectivity index (χ2v) is 4.07. The van der Waals surface area contributed by atoms with Crippen LogP contribution in [0.15, 0.2) is 0 Å². The molecular formula is C10H21N3O2S. The molecule has 0 aromatic heterocycles. The fourth-order valence-electron chi connectivity index (χ4n) is 1.28. The molecule has 0 aromatic rings. The van der Waals surface area contributed by atoms with E-state index in [1.54, 1.807) is 0 Å². The summed E-state index contributed by atoms with van der Waals surface area (Å²) >= 11 is 4.65. The second kappa shape index (κ2) is 9.35. The van der Waals surface area contributed by atoms with E-state index in [-0.39, 0.29) is 5.11 Å². The molecule has 5 nitrogen and oxygen atoms in total. The topological polar surface area (TPSA) is 87.4 Å². The Balaban J connectivity index is 3.68. The van der Waals surface area contributed by atoms with E-state index in [0.717, 1.165) is 25.8 Å². The molecule has 0 saturated carbocycles. The van der Waals surface area contributed by atoms with Crippen molar-refractivity contribution in [1.82, 2.24) is 10.6 Å². The van der Waals surface area contributed by atoms with Crippen LogP contribution in [-0.4, -0.2) is 35.3 Å². The number of aliphatic carboxylic acids is 1. The zero-order chi connectivity index (χ0) is 12.4. The van der Waals surface area contributed by atoms with Crippen LogP contribution in [0.5, 0.6) is 0 Å². The van der Waals surface area contributed by atoms with E-state index in [1.807, 2.05) is 0 Å². The molecule has 0 fully saturated rings. The van der Waals surface area contributed by atoms with Crippen LogP contribution in [0, 0.1) is 0 Å². The van der Waals surface area contributed by atoms with Crippen LogP contribution in [0.4, 0.5) is 0 Å². The summed E-state index contributed by atoms with van der Waals surface area (Å²) in [7, 11) is 0. The van der Waals surface area contributed by atoms with E-state index in [9.17, 15) is 4.79 Å². The summed E-state index contributed by atoms with van der Waals surface area (Å²) in [6, 6.07) is -0.473. The summed E-state index contributed by atoms with van der Waals surface area (Å²) < 4.78 is 0. The smallest absolute Gasteiger partial charge is 0.320 e. The van der Waals surface area contributed by atoms with Gasteiger partial charge in [-0.3, -0.25) is 4.79 Å². The van der Waals surface area contributed by atoms with Crippen molar-refractivity contribution >= 4 is 23.3 Å². The molecule has 0 amide bonds. The quantitative estimate of drug-likeness (QED) is 0.349. The number of carboxylic acid groups (broad SMARTS) is 1. The minimum Gasteiger partial charge on any atom is -0.480 e. The average Bonchev–Trinajstić information content (AvgIpc) is 2.21. The average molecular weight is 247 g/mol. The Labute approximate surface area is 102 Å². The van der Waals surface area contributed by atoms with Gasteiger partial charge in [-0.25, -0.2) is 0 Å². The van der Waals surface area contributed by atoms with Crippen molar-refractivity contribution in [1.29, 1.82) is 0 Å². The van der Waals surface area contributed by atoms with Gasteiger partial charge in [0.2, 0.25) is 0 Å². The minimum atomic E-state index is -0.800. The predicted octanol–water partition coefficient (Wildman–Crippen LogP) is 0.443. The third kappa shape index (κ3) is 8.43. The number of nitrogens with two attached hydrogens (primary N) is 1. The van der Waals surface area contributed by atoms with Crippen molar-refractivity contribution < 1.29 is 9.90 Å². The zero-order valence-electron chi connectivity index (χ0n) is 9.66. The Kier molecular flexibility index (Phi) is 8.84. The lowest BCUT2D eigenvalue weighted by atomic mass is 10.1. The van der Waals surface area contributed by atoms with Gasteiger partial charge in [0.05, 0.1) is 0 Å². The summed E-state index contributed by atoms with van der Waals surface area (Å²) in [5.74, 6) is -0.800. The Hall–Kier alpha value is -0.880. The first-order valence-corrected chi connectivity index (χ1v) is 5.98. The molecule has 0 aliphatic rings. The van der Waals surface area contributed by atoms with E-state index in [4.69, 9.17) is 10.8 Å². The number of carbonyl (C=O) groups is 1. The van der Waals surface area contributed by atoms with Crippen molar-refractivity contribution in [3.63, 3.8) is 0 Å². The Morgan fingerprint density at radius 1 is 1.44 bits per heavy atom. The molecule has 94 valence electrons. The molecule has 0 aliphatic heterocycles. The lowest BCUT2D eigenvalue weighted by Gasteiger charge is -2.14. The number of rotatable bonds is 9. The van der Waals surface area contributed by atoms with Gasteiger partial charge in [-0.2, -0.15) is 0 Å². The molecule has 0 bridgehead atoms. The van der Waals surface area contributed by atoms with Gasteiger partial charge in [-0.15, -0.1) is 0 Å². The van der Waals surface area contributed by atoms with Crippen molar-refractivity contribution in [2.75, 3.05) is 13.1 Å². The standard InChI is InChI=1S/C10H21N3O2S/c1-2-3-6-12-8(9(14)15)5-4-7-13-10(11)16/h8,12H,2-7H2,1H3,(H,14,15)(H3,11,13,16)/t8-/m0/s1. The first kappa shape index (κ1) is 15.1. The molecule has 0 spiro atoms. The molecule has 1 atom stereocenters. The fourth-order valence-corrected chi connectivity index (χ4v) is 1.39. The molecular weight excluding hydrogens is 226 g/mol. The van der Waals surface area contributed by atoms with Crippen LogP contribution in [-0.2, 0) is 4.79 Å². The highest BCUT2D eigenvalue weighted by Crippen LogP contribution is 1.98. The lowest BCUT2D eigenvalue weighted by molar-refractivity contribution is -0.139. The Morgan fingerprint density at radius 3 is 2.62 bits per heavy atom. The van der Waals surface area contributed by atoms with Crippen LogP contribution in [0.3, 0.4) is 0 Å². The van der Waals surface area contributed by atoms with Gasteiger partial charge < -0.3 is 21.5 Å². The van der Waals surface area contributed by atoms with Gasteiger partial charge in [0.1, 0.15) is 6.04 Å². The number of carboxylic acids is 1. The first-order chi connectivity index (χ1) is 7.57. The molecule has 0 rings (SSSR count). The van der Waals surface area contributed by atoms with Crippen LogP contribution < -0.4 is 16.4 Å². The van der Waals surface area contributed by atoms with Gasteiger partial charge in [0, 0.05) is 6.54 Å². The highest BCUT2D eigenvalue weighted by Gasteiger charge is 2.15. The summed E-state index contributed by atoms with van der Waals surface area (Å²) in [6.07, 6.45) is 3.36. The largest absolute Gasteiger partial charge is 0.480 e. The normalized spacial score (nSPS) is 12.1. The summed E-state index contributed by atoms with van der Waals surface area (Å²) in [5, 5.41) is 15.0. The van der Waals surface area contributed by atoms with Crippen LogP contribution in [0.1, 0.15) is 32.6 Å². The number of unbranched alkanes of at least 4 members (excludes halogenated alkanes) is 1. The van der Waals surface area contributed by atoms with Gasteiger partial charge >= 0.3 is 5.97 Å². The summed E-state index contributed by atoms with van der Waals surface area (Å²) in [4.78, 5) is 10.9. The molecule has 0 aliphatic carbocycles. The van der Waals surface area contributed by atoms with E-state index in [1.165, 1.54) is 0 Å².